The van der Waals surface area contributed by atoms with Crippen LogP contribution < -0.4 is 15.6 Å². The maximum Gasteiger partial charge on any atom is 0.258 e. The minimum absolute atomic E-state index is 0.138. The molecular formula is C24H26ClN3O2. The van der Waals surface area contributed by atoms with E-state index in [4.69, 9.17) is 16.3 Å². The van der Waals surface area contributed by atoms with Crippen molar-refractivity contribution in [3.63, 3.8) is 0 Å². The van der Waals surface area contributed by atoms with E-state index in [0.717, 1.165) is 11.4 Å². The summed E-state index contributed by atoms with van der Waals surface area (Å²) < 4.78 is 7.31. The normalized spacial score (nSPS) is 15.3. The highest BCUT2D eigenvalue weighted by Crippen LogP contribution is 2.22. The van der Waals surface area contributed by atoms with Crippen molar-refractivity contribution in [3.8, 4) is 11.4 Å². The molecule has 4 rings (SSSR count). The van der Waals surface area contributed by atoms with Gasteiger partial charge in [-0.15, -0.1) is 0 Å². The molecule has 1 aromatic carbocycles. The standard InChI is InChI=1S/C24H26ClN3O2/c1-17(27-20-4-2-3-5-20)18-6-10-22(11-7-18)28-13-12-23(14-24(28)29)30-16-21-9-8-19(25)15-26-21/h6-15,17,20,27H,2-5,16H2,1H3. The summed E-state index contributed by atoms with van der Waals surface area (Å²) >= 11 is 5.84. The molecule has 0 amide bonds. The fraction of sp³-hybridized carbons (Fsp3) is 0.333. The van der Waals surface area contributed by atoms with Crippen molar-refractivity contribution in [2.45, 2.75) is 51.3 Å². The van der Waals surface area contributed by atoms with Gasteiger partial charge in [0, 0.05) is 36.2 Å². The number of hydrogen-bond donors (Lipinski definition) is 1. The Kier molecular flexibility index (Phi) is 6.50. The van der Waals surface area contributed by atoms with Gasteiger partial charge in [0.15, 0.2) is 0 Å². The molecule has 1 aliphatic carbocycles. The van der Waals surface area contributed by atoms with Gasteiger partial charge in [0.2, 0.25) is 0 Å². The number of aromatic nitrogens is 2. The first kappa shape index (κ1) is 20.6. The smallest absolute Gasteiger partial charge is 0.258 e. The lowest BCUT2D eigenvalue weighted by Gasteiger charge is -2.20. The molecule has 3 aromatic rings. The first-order valence-corrected chi connectivity index (χ1v) is 10.8. The van der Waals surface area contributed by atoms with Crippen molar-refractivity contribution in [2.75, 3.05) is 0 Å². The molecule has 5 nitrogen and oxygen atoms in total. The quantitative estimate of drug-likeness (QED) is 0.577. The minimum Gasteiger partial charge on any atom is -0.487 e. The number of hydrogen-bond acceptors (Lipinski definition) is 4. The van der Waals surface area contributed by atoms with Gasteiger partial charge in [0.25, 0.3) is 5.56 Å². The van der Waals surface area contributed by atoms with Crippen LogP contribution in [0, 0.1) is 0 Å². The van der Waals surface area contributed by atoms with E-state index in [-0.39, 0.29) is 12.2 Å². The van der Waals surface area contributed by atoms with Crippen LogP contribution in [-0.2, 0) is 6.61 Å². The van der Waals surface area contributed by atoms with Crippen molar-refractivity contribution in [1.29, 1.82) is 0 Å². The number of rotatable bonds is 7. The first-order chi connectivity index (χ1) is 14.6. The molecule has 1 saturated carbocycles. The van der Waals surface area contributed by atoms with Crippen LogP contribution in [0.15, 0.2) is 65.7 Å². The zero-order chi connectivity index (χ0) is 20.9. The third kappa shape index (κ3) is 5.10. The highest BCUT2D eigenvalue weighted by atomic mass is 35.5. The van der Waals surface area contributed by atoms with Gasteiger partial charge < -0.3 is 10.1 Å². The van der Waals surface area contributed by atoms with E-state index >= 15 is 0 Å². The summed E-state index contributed by atoms with van der Waals surface area (Å²) in [5.41, 5.74) is 2.68. The molecule has 30 heavy (non-hydrogen) atoms. The largest absolute Gasteiger partial charge is 0.487 e. The molecule has 6 heteroatoms. The Labute approximate surface area is 181 Å². The van der Waals surface area contributed by atoms with Crippen LogP contribution in [0.2, 0.25) is 5.02 Å². The van der Waals surface area contributed by atoms with Gasteiger partial charge >= 0.3 is 0 Å². The zero-order valence-corrected chi connectivity index (χ0v) is 17.8. The average molecular weight is 424 g/mol. The molecular weight excluding hydrogens is 398 g/mol. The average Bonchev–Trinajstić information content (AvgIpc) is 3.27. The number of ether oxygens (including phenoxy) is 1. The lowest BCUT2D eigenvalue weighted by Crippen LogP contribution is -2.28. The Bertz CT molecular complexity index is 1030. The zero-order valence-electron chi connectivity index (χ0n) is 17.1. The summed E-state index contributed by atoms with van der Waals surface area (Å²) in [6, 6.07) is 15.9. The Morgan fingerprint density at radius 1 is 1.17 bits per heavy atom. The predicted octanol–water partition coefficient (Wildman–Crippen LogP) is 5.06. The molecule has 1 unspecified atom stereocenters. The number of pyridine rings is 2. The van der Waals surface area contributed by atoms with E-state index in [1.807, 2.05) is 12.1 Å². The predicted molar refractivity (Wildman–Crippen MR) is 119 cm³/mol. The fourth-order valence-corrected chi connectivity index (χ4v) is 3.99. The minimum atomic E-state index is -0.138. The summed E-state index contributed by atoms with van der Waals surface area (Å²) in [5, 5.41) is 4.29. The van der Waals surface area contributed by atoms with Crippen molar-refractivity contribution in [1.82, 2.24) is 14.9 Å². The molecule has 0 bridgehead atoms. The van der Waals surface area contributed by atoms with Crippen molar-refractivity contribution >= 4 is 11.6 Å². The topological polar surface area (TPSA) is 56.1 Å². The van der Waals surface area contributed by atoms with Crippen LogP contribution in [0.4, 0.5) is 0 Å². The second-order valence-corrected chi connectivity index (χ2v) is 8.22. The van der Waals surface area contributed by atoms with Crippen molar-refractivity contribution < 1.29 is 4.74 Å². The molecule has 0 spiro atoms. The molecule has 2 aromatic heterocycles. The van der Waals surface area contributed by atoms with Crippen LogP contribution >= 0.6 is 11.6 Å². The van der Waals surface area contributed by atoms with Crippen LogP contribution in [0.1, 0.15) is 49.9 Å². The third-order valence-electron chi connectivity index (χ3n) is 5.58. The lowest BCUT2D eigenvalue weighted by atomic mass is 10.1. The Balaban J connectivity index is 1.40. The fourth-order valence-electron chi connectivity index (χ4n) is 3.88. The van der Waals surface area contributed by atoms with Crippen LogP contribution in [0.25, 0.3) is 5.69 Å². The molecule has 1 fully saturated rings. The second kappa shape index (κ2) is 9.45. The highest BCUT2D eigenvalue weighted by Gasteiger charge is 2.17. The monoisotopic (exact) mass is 423 g/mol. The van der Waals surface area contributed by atoms with Gasteiger partial charge in [-0.2, -0.15) is 0 Å². The third-order valence-corrected chi connectivity index (χ3v) is 5.80. The van der Waals surface area contributed by atoms with Crippen molar-refractivity contribution in [2.24, 2.45) is 0 Å². The number of halogens is 1. The van der Waals surface area contributed by atoms with E-state index in [9.17, 15) is 4.79 Å². The van der Waals surface area contributed by atoms with Crippen LogP contribution in [0.5, 0.6) is 5.75 Å². The SMILES string of the molecule is CC(NC1CCCC1)c1ccc(-n2ccc(OCc3ccc(Cl)cn3)cc2=O)cc1. The van der Waals surface area contributed by atoms with E-state index in [1.54, 1.807) is 35.2 Å². The molecule has 1 atom stereocenters. The first-order valence-electron chi connectivity index (χ1n) is 10.4. The Hall–Kier alpha value is -2.63. The van der Waals surface area contributed by atoms with Gasteiger partial charge in [0.05, 0.1) is 10.7 Å². The molecule has 0 aliphatic heterocycles. The summed E-state index contributed by atoms with van der Waals surface area (Å²) in [4.78, 5) is 16.8. The maximum absolute atomic E-state index is 12.6. The highest BCUT2D eigenvalue weighted by molar-refractivity contribution is 6.30. The molecule has 0 saturated heterocycles. The van der Waals surface area contributed by atoms with E-state index < -0.39 is 0 Å². The molecule has 1 N–H and O–H groups in total. The summed E-state index contributed by atoms with van der Waals surface area (Å²) in [7, 11) is 0. The summed E-state index contributed by atoms with van der Waals surface area (Å²) in [6.45, 7) is 2.47. The van der Waals surface area contributed by atoms with Gasteiger partial charge in [-0.3, -0.25) is 14.3 Å². The lowest BCUT2D eigenvalue weighted by molar-refractivity contribution is 0.300. The van der Waals surface area contributed by atoms with Crippen molar-refractivity contribution in [3.05, 3.63) is 87.6 Å². The molecule has 2 heterocycles. The van der Waals surface area contributed by atoms with Gasteiger partial charge in [-0.05, 0) is 55.7 Å². The van der Waals surface area contributed by atoms with Gasteiger partial charge in [-0.1, -0.05) is 36.6 Å². The van der Waals surface area contributed by atoms with E-state index in [2.05, 4.69) is 29.4 Å². The van der Waals surface area contributed by atoms with Crippen LogP contribution in [-0.4, -0.2) is 15.6 Å². The maximum atomic E-state index is 12.6. The molecule has 0 radical (unpaired) electrons. The Morgan fingerprint density at radius 2 is 1.93 bits per heavy atom. The second-order valence-electron chi connectivity index (χ2n) is 7.79. The van der Waals surface area contributed by atoms with E-state index in [1.165, 1.54) is 37.3 Å². The number of benzene rings is 1. The summed E-state index contributed by atoms with van der Waals surface area (Å²) in [5.74, 6) is 0.513. The Morgan fingerprint density at radius 3 is 2.60 bits per heavy atom. The van der Waals surface area contributed by atoms with Gasteiger partial charge in [0.1, 0.15) is 12.4 Å². The summed E-state index contributed by atoms with van der Waals surface area (Å²) in [6.07, 6.45) is 8.49. The van der Waals surface area contributed by atoms with Crippen LogP contribution in [0.3, 0.4) is 0 Å². The molecule has 1 aliphatic rings. The van der Waals surface area contributed by atoms with E-state index in [0.29, 0.717) is 22.9 Å². The molecule has 156 valence electrons. The van der Waals surface area contributed by atoms with Gasteiger partial charge in [-0.25, -0.2) is 0 Å². The number of nitrogens with zero attached hydrogens (tertiary/aromatic N) is 2. The number of nitrogens with one attached hydrogen (secondary N) is 1.